The van der Waals surface area contributed by atoms with E-state index in [1.807, 2.05) is 0 Å². The topological polar surface area (TPSA) is 29.3 Å². The van der Waals surface area contributed by atoms with Gasteiger partial charge >= 0.3 is 0 Å². The van der Waals surface area contributed by atoms with Gasteiger partial charge in [0.2, 0.25) is 0 Å². The lowest BCUT2D eigenvalue weighted by molar-refractivity contribution is 0.0926. The van der Waals surface area contributed by atoms with Crippen molar-refractivity contribution in [1.29, 1.82) is 0 Å². The lowest BCUT2D eigenvalue weighted by atomic mass is 11.0. The summed E-state index contributed by atoms with van der Waals surface area (Å²) in [5.41, 5.74) is 0. The zero-order valence-corrected chi connectivity index (χ0v) is 5.19. The molecule has 0 aromatic rings. The van der Waals surface area contributed by atoms with Crippen molar-refractivity contribution >= 4 is 11.1 Å². The second-order valence-electron chi connectivity index (χ2n) is 1.43. The molecule has 1 rings (SSSR count). The SMILES string of the molecule is C=CS(=O)ON1CC1. The summed E-state index contributed by atoms with van der Waals surface area (Å²) in [7, 11) is 0. The molecule has 0 spiro atoms. The maximum atomic E-state index is 10.4. The third kappa shape index (κ3) is 1.73. The van der Waals surface area contributed by atoms with Crippen LogP contribution in [0.4, 0.5) is 0 Å². The Hall–Kier alpha value is -0.190. The Morgan fingerprint density at radius 3 is 2.75 bits per heavy atom. The first-order valence-electron chi connectivity index (χ1n) is 2.29. The maximum Gasteiger partial charge on any atom is 0.198 e. The van der Waals surface area contributed by atoms with E-state index in [9.17, 15) is 4.21 Å². The largest absolute Gasteiger partial charge is 0.223 e. The van der Waals surface area contributed by atoms with Crippen molar-refractivity contribution in [3.05, 3.63) is 12.0 Å². The predicted octanol–water partition coefficient (Wildman–Crippen LogP) is 0.0408. The van der Waals surface area contributed by atoms with Gasteiger partial charge in [0.1, 0.15) is 0 Å². The number of hydrogen-bond donors (Lipinski definition) is 0. The minimum absolute atomic E-state index is 0.888. The van der Waals surface area contributed by atoms with Crippen LogP contribution >= 0.6 is 0 Å². The van der Waals surface area contributed by atoms with Crippen molar-refractivity contribution in [1.82, 2.24) is 5.06 Å². The average molecular weight is 133 g/mol. The van der Waals surface area contributed by atoms with Gasteiger partial charge in [0.05, 0.1) is 0 Å². The van der Waals surface area contributed by atoms with Crippen molar-refractivity contribution in [2.45, 2.75) is 0 Å². The van der Waals surface area contributed by atoms with Crippen LogP contribution in [-0.2, 0) is 15.4 Å². The Morgan fingerprint density at radius 2 is 2.38 bits per heavy atom. The predicted molar refractivity (Wildman–Crippen MR) is 31.0 cm³/mol. The summed E-state index contributed by atoms with van der Waals surface area (Å²) in [5, 5.41) is 2.87. The summed E-state index contributed by atoms with van der Waals surface area (Å²) in [6, 6.07) is 0. The van der Waals surface area contributed by atoms with Gasteiger partial charge in [-0.25, -0.2) is 4.21 Å². The Labute approximate surface area is 50.5 Å². The zero-order chi connectivity index (χ0) is 5.98. The van der Waals surface area contributed by atoms with Crippen LogP contribution in [0.3, 0.4) is 0 Å². The molecule has 1 aliphatic rings. The average Bonchev–Trinajstić information content (AvgIpc) is 2.50. The molecule has 1 atom stereocenters. The maximum absolute atomic E-state index is 10.4. The second-order valence-corrected chi connectivity index (χ2v) is 2.43. The number of rotatable bonds is 3. The van der Waals surface area contributed by atoms with E-state index in [4.69, 9.17) is 4.28 Å². The minimum Gasteiger partial charge on any atom is -0.223 e. The van der Waals surface area contributed by atoms with Crippen LogP contribution in [0.15, 0.2) is 12.0 Å². The molecule has 1 unspecified atom stereocenters. The molecule has 0 saturated carbocycles. The van der Waals surface area contributed by atoms with Gasteiger partial charge in [-0.15, -0.1) is 0 Å². The quantitative estimate of drug-likeness (QED) is 0.509. The molecular formula is C4H7NO2S. The molecule has 0 aromatic heterocycles. The highest BCUT2D eigenvalue weighted by atomic mass is 32.2. The van der Waals surface area contributed by atoms with Gasteiger partial charge in [-0.2, -0.15) is 9.35 Å². The van der Waals surface area contributed by atoms with Crippen LogP contribution in [0.25, 0.3) is 0 Å². The standard InChI is InChI=1S/C4H7NO2S/c1-2-8(6)7-5-3-4-5/h2H,1,3-4H2. The van der Waals surface area contributed by atoms with Gasteiger partial charge in [0.25, 0.3) is 0 Å². The normalized spacial score (nSPS) is 22.5. The zero-order valence-electron chi connectivity index (χ0n) is 4.37. The highest BCUT2D eigenvalue weighted by molar-refractivity contribution is 7.83. The second kappa shape index (κ2) is 2.39. The molecule has 0 aromatic carbocycles. The highest BCUT2D eigenvalue weighted by Crippen LogP contribution is 2.05. The number of nitrogens with zero attached hydrogens (tertiary/aromatic N) is 1. The van der Waals surface area contributed by atoms with E-state index in [1.165, 1.54) is 5.41 Å². The van der Waals surface area contributed by atoms with Crippen LogP contribution in [0.2, 0.25) is 0 Å². The van der Waals surface area contributed by atoms with Crippen molar-refractivity contribution in [3.8, 4) is 0 Å². The van der Waals surface area contributed by atoms with E-state index >= 15 is 0 Å². The van der Waals surface area contributed by atoms with Gasteiger partial charge in [-0.05, 0) is 0 Å². The van der Waals surface area contributed by atoms with Crippen molar-refractivity contribution in [3.63, 3.8) is 0 Å². The molecular weight excluding hydrogens is 126 g/mol. The lowest BCUT2D eigenvalue weighted by Crippen LogP contribution is -1.99. The summed E-state index contributed by atoms with van der Waals surface area (Å²) in [5.74, 6) is 0. The van der Waals surface area contributed by atoms with Gasteiger partial charge < -0.3 is 0 Å². The molecule has 0 bridgehead atoms. The summed E-state index contributed by atoms with van der Waals surface area (Å²) in [4.78, 5) is 0. The summed E-state index contributed by atoms with van der Waals surface area (Å²) < 4.78 is 15.1. The van der Waals surface area contributed by atoms with Crippen molar-refractivity contribution < 1.29 is 8.49 Å². The molecule has 1 saturated heterocycles. The molecule has 4 heteroatoms. The van der Waals surface area contributed by atoms with Crippen LogP contribution < -0.4 is 0 Å². The molecule has 0 N–H and O–H groups in total. The highest BCUT2D eigenvalue weighted by Gasteiger charge is 2.19. The lowest BCUT2D eigenvalue weighted by Gasteiger charge is -1.93. The van der Waals surface area contributed by atoms with Crippen molar-refractivity contribution in [2.24, 2.45) is 0 Å². The fraction of sp³-hybridized carbons (Fsp3) is 0.500. The van der Waals surface area contributed by atoms with Gasteiger partial charge in [0.15, 0.2) is 11.1 Å². The number of hydrogen-bond acceptors (Lipinski definition) is 3. The molecule has 3 nitrogen and oxygen atoms in total. The van der Waals surface area contributed by atoms with E-state index in [2.05, 4.69) is 6.58 Å². The van der Waals surface area contributed by atoms with E-state index in [0.29, 0.717) is 0 Å². The minimum atomic E-state index is -1.30. The van der Waals surface area contributed by atoms with Gasteiger partial charge in [-0.3, -0.25) is 0 Å². The Morgan fingerprint density at radius 1 is 1.75 bits per heavy atom. The molecule has 0 amide bonds. The monoisotopic (exact) mass is 133 g/mol. The first-order chi connectivity index (χ1) is 3.83. The van der Waals surface area contributed by atoms with Gasteiger partial charge in [-0.1, -0.05) is 6.58 Å². The first-order valence-corrected chi connectivity index (χ1v) is 3.43. The van der Waals surface area contributed by atoms with E-state index in [0.717, 1.165) is 13.1 Å². The molecule has 0 aliphatic carbocycles. The molecule has 1 heterocycles. The molecule has 8 heavy (non-hydrogen) atoms. The molecule has 46 valence electrons. The van der Waals surface area contributed by atoms with E-state index < -0.39 is 11.1 Å². The summed E-state index contributed by atoms with van der Waals surface area (Å²) in [6.45, 7) is 5.07. The van der Waals surface area contributed by atoms with Crippen LogP contribution in [0, 0.1) is 0 Å². The smallest absolute Gasteiger partial charge is 0.198 e. The van der Waals surface area contributed by atoms with E-state index in [-0.39, 0.29) is 0 Å². The van der Waals surface area contributed by atoms with Crippen LogP contribution in [0.1, 0.15) is 0 Å². The first kappa shape index (κ1) is 5.94. The van der Waals surface area contributed by atoms with Crippen LogP contribution in [-0.4, -0.2) is 22.4 Å². The number of hydroxylamine groups is 2. The summed E-state index contributed by atoms with van der Waals surface area (Å²) >= 11 is -1.30. The fourth-order valence-corrected chi connectivity index (χ4v) is 0.667. The third-order valence-corrected chi connectivity index (χ3v) is 1.35. The molecule has 0 radical (unpaired) electrons. The third-order valence-electron chi connectivity index (χ3n) is 0.721. The molecule has 1 fully saturated rings. The van der Waals surface area contributed by atoms with E-state index in [1.54, 1.807) is 5.06 Å². The van der Waals surface area contributed by atoms with Gasteiger partial charge in [0, 0.05) is 18.5 Å². The summed E-state index contributed by atoms with van der Waals surface area (Å²) in [6.07, 6.45) is 0. The Bertz CT molecular complexity index is 121. The van der Waals surface area contributed by atoms with Crippen LogP contribution in [0.5, 0.6) is 0 Å². The fourth-order valence-electron chi connectivity index (χ4n) is 0.250. The molecule has 1 aliphatic heterocycles. The Balaban J connectivity index is 2.16. The van der Waals surface area contributed by atoms with Crippen molar-refractivity contribution in [2.75, 3.05) is 13.1 Å². The Kier molecular flexibility index (Phi) is 1.77.